The van der Waals surface area contributed by atoms with Crippen LogP contribution in [0, 0.1) is 6.92 Å². The highest BCUT2D eigenvalue weighted by atomic mass is 35.5. The molecule has 166 valence electrons. The van der Waals surface area contributed by atoms with Crippen molar-refractivity contribution in [2.45, 2.75) is 26.9 Å². The van der Waals surface area contributed by atoms with Crippen molar-refractivity contribution in [1.82, 2.24) is 10.3 Å². The van der Waals surface area contributed by atoms with Crippen molar-refractivity contribution in [3.63, 3.8) is 0 Å². The minimum Gasteiger partial charge on any atom is -0.462 e. The predicted octanol–water partition coefficient (Wildman–Crippen LogP) is 4.24. The van der Waals surface area contributed by atoms with E-state index < -0.39 is 11.9 Å². The lowest BCUT2D eigenvalue weighted by atomic mass is 10.0. The third kappa shape index (κ3) is 5.62. The molecule has 0 aliphatic carbocycles. The summed E-state index contributed by atoms with van der Waals surface area (Å²) in [5.41, 5.74) is 2.49. The first-order chi connectivity index (χ1) is 15.4. The molecular formula is C24H23ClN2O5. The largest absolute Gasteiger partial charge is 0.462 e. The summed E-state index contributed by atoms with van der Waals surface area (Å²) in [6, 6.07) is 13.8. The SMILES string of the molecule is CCOC(=O)c1c(COC(=O)CCNC(=O)c2ccc(Cl)cc2)nc2ccccc2c1C. The van der Waals surface area contributed by atoms with E-state index in [9.17, 15) is 14.4 Å². The average Bonchev–Trinajstić information content (AvgIpc) is 2.78. The highest BCUT2D eigenvalue weighted by Crippen LogP contribution is 2.24. The molecule has 0 fully saturated rings. The molecule has 0 unspecified atom stereocenters. The van der Waals surface area contributed by atoms with Gasteiger partial charge in [-0.15, -0.1) is 0 Å². The number of amides is 1. The standard InChI is InChI=1S/C24H23ClN2O5/c1-3-31-24(30)22-15(2)18-6-4-5-7-19(18)27-20(22)14-32-21(28)12-13-26-23(29)16-8-10-17(25)11-9-16/h4-11H,3,12-14H2,1-2H3,(H,26,29). The van der Waals surface area contributed by atoms with Gasteiger partial charge < -0.3 is 14.8 Å². The zero-order valence-corrected chi connectivity index (χ0v) is 18.6. The Labute approximate surface area is 190 Å². The van der Waals surface area contributed by atoms with Crippen LogP contribution in [0.15, 0.2) is 48.5 Å². The summed E-state index contributed by atoms with van der Waals surface area (Å²) < 4.78 is 10.5. The second kappa shape index (κ2) is 10.7. The Bertz CT molecular complexity index is 1150. The Hall–Kier alpha value is -3.45. The molecule has 1 aromatic heterocycles. The fourth-order valence-electron chi connectivity index (χ4n) is 3.22. The number of ether oxygens (including phenoxy) is 2. The number of hydrogen-bond donors (Lipinski definition) is 1. The van der Waals surface area contributed by atoms with Crippen molar-refractivity contribution < 1.29 is 23.9 Å². The van der Waals surface area contributed by atoms with Crippen LogP contribution < -0.4 is 5.32 Å². The summed E-state index contributed by atoms with van der Waals surface area (Å²) in [6.45, 7) is 3.68. The molecule has 1 heterocycles. The summed E-state index contributed by atoms with van der Waals surface area (Å²) >= 11 is 5.81. The smallest absolute Gasteiger partial charge is 0.340 e. The Morgan fingerprint density at radius 3 is 2.47 bits per heavy atom. The third-order valence-electron chi connectivity index (χ3n) is 4.80. The van der Waals surface area contributed by atoms with E-state index in [1.165, 1.54) is 0 Å². The van der Waals surface area contributed by atoms with E-state index in [0.717, 1.165) is 10.9 Å². The summed E-state index contributed by atoms with van der Waals surface area (Å²) in [5, 5.41) is 4.02. The molecule has 0 radical (unpaired) electrons. The van der Waals surface area contributed by atoms with E-state index in [4.69, 9.17) is 21.1 Å². The zero-order chi connectivity index (χ0) is 23.1. The number of rotatable bonds is 8. The van der Waals surface area contributed by atoms with Crippen LogP contribution in [0.3, 0.4) is 0 Å². The van der Waals surface area contributed by atoms with Crippen molar-refractivity contribution in [1.29, 1.82) is 0 Å². The highest BCUT2D eigenvalue weighted by molar-refractivity contribution is 6.30. The van der Waals surface area contributed by atoms with Gasteiger partial charge in [-0.05, 0) is 49.7 Å². The number of para-hydroxylation sites is 1. The summed E-state index contributed by atoms with van der Waals surface area (Å²) in [6.07, 6.45) is -0.0271. The van der Waals surface area contributed by atoms with Crippen molar-refractivity contribution in [3.05, 3.63) is 75.9 Å². The predicted molar refractivity (Wildman–Crippen MR) is 121 cm³/mol. The lowest BCUT2D eigenvalue weighted by molar-refractivity contribution is -0.144. The van der Waals surface area contributed by atoms with Crippen molar-refractivity contribution >= 4 is 40.3 Å². The van der Waals surface area contributed by atoms with Crippen molar-refractivity contribution in [2.24, 2.45) is 0 Å². The van der Waals surface area contributed by atoms with Crippen LogP contribution in [-0.4, -0.2) is 36.0 Å². The summed E-state index contributed by atoms with van der Waals surface area (Å²) in [4.78, 5) is 41.3. The summed E-state index contributed by atoms with van der Waals surface area (Å²) in [5.74, 6) is -1.35. The molecular weight excluding hydrogens is 432 g/mol. The molecule has 0 aliphatic heterocycles. The second-order valence-electron chi connectivity index (χ2n) is 6.97. The van der Waals surface area contributed by atoms with Gasteiger partial charge in [0, 0.05) is 22.5 Å². The number of benzene rings is 2. The zero-order valence-electron chi connectivity index (χ0n) is 17.8. The van der Waals surface area contributed by atoms with E-state index in [0.29, 0.717) is 27.4 Å². The lowest BCUT2D eigenvalue weighted by Gasteiger charge is -2.14. The van der Waals surface area contributed by atoms with E-state index in [1.54, 1.807) is 31.2 Å². The molecule has 0 bridgehead atoms. The Morgan fingerprint density at radius 1 is 1.03 bits per heavy atom. The first-order valence-electron chi connectivity index (χ1n) is 10.2. The van der Waals surface area contributed by atoms with Gasteiger partial charge in [0.1, 0.15) is 6.61 Å². The molecule has 0 saturated heterocycles. The van der Waals surface area contributed by atoms with Gasteiger partial charge in [-0.3, -0.25) is 9.59 Å². The number of fused-ring (bicyclic) bond motifs is 1. The highest BCUT2D eigenvalue weighted by Gasteiger charge is 2.21. The van der Waals surface area contributed by atoms with E-state index in [2.05, 4.69) is 10.3 Å². The number of nitrogens with one attached hydrogen (secondary N) is 1. The molecule has 0 saturated carbocycles. The van der Waals surface area contributed by atoms with Crippen LogP contribution in [0.4, 0.5) is 0 Å². The van der Waals surface area contributed by atoms with Gasteiger partial charge in [-0.1, -0.05) is 29.8 Å². The first kappa shape index (κ1) is 23.2. The Kier molecular flexibility index (Phi) is 7.78. The maximum atomic E-state index is 12.5. The quantitative estimate of drug-likeness (QED) is 0.511. The molecule has 32 heavy (non-hydrogen) atoms. The van der Waals surface area contributed by atoms with Crippen LogP contribution in [0.5, 0.6) is 0 Å². The minimum atomic E-state index is -0.524. The number of nitrogens with zero attached hydrogens (tertiary/aromatic N) is 1. The van der Waals surface area contributed by atoms with Gasteiger partial charge in [0.2, 0.25) is 0 Å². The van der Waals surface area contributed by atoms with Gasteiger partial charge in [-0.2, -0.15) is 0 Å². The first-order valence-corrected chi connectivity index (χ1v) is 10.5. The van der Waals surface area contributed by atoms with Crippen LogP contribution in [0.2, 0.25) is 5.02 Å². The average molecular weight is 455 g/mol. The Balaban J connectivity index is 1.64. The molecule has 7 nitrogen and oxygen atoms in total. The Morgan fingerprint density at radius 2 is 1.75 bits per heavy atom. The number of pyridine rings is 1. The fourth-order valence-corrected chi connectivity index (χ4v) is 3.35. The number of aromatic nitrogens is 1. The van der Waals surface area contributed by atoms with E-state index >= 15 is 0 Å². The number of hydrogen-bond acceptors (Lipinski definition) is 6. The second-order valence-corrected chi connectivity index (χ2v) is 7.41. The van der Waals surface area contributed by atoms with Gasteiger partial charge in [0.25, 0.3) is 5.91 Å². The molecule has 2 aromatic carbocycles. The minimum absolute atomic E-state index is 0.0271. The number of carbonyl (C=O) groups excluding carboxylic acids is 3. The van der Waals surface area contributed by atoms with Crippen LogP contribution >= 0.6 is 11.6 Å². The van der Waals surface area contributed by atoms with E-state index in [-0.39, 0.29) is 32.1 Å². The monoisotopic (exact) mass is 454 g/mol. The van der Waals surface area contributed by atoms with E-state index in [1.807, 2.05) is 31.2 Å². The van der Waals surface area contributed by atoms with Crippen LogP contribution in [0.25, 0.3) is 10.9 Å². The van der Waals surface area contributed by atoms with Gasteiger partial charge >= 0.3 is 11.9 Å². The normalized spacial score (nSPS) is 10.6. The fraction of sp³-hybridized carbons (Fsp3) is 0.250. The molecule has 3 rings (SSSR count). The molecule has 3 aromatic rings. The maximum Gasteiger partial charge on any atom is 0.340 e. The number of aryl methyl sites for hydroxylation is 1. The number of carbonyl (C=O) groups is 3. The number of halogens is 1. The molecule has 8 heteroatoms. The van der Waals surface area contributed by atoms with Crippen LogP contribution in [-0.2, 0) is 20.9 Å². The van der Waals surface area contributed by atoms with Crippen LogP contribution in [0.1, 0.15) is 45.3 Å². The summed E-state index contributed by atoms with van der Waals surface area (Å²) in [7, 11) is 0. The van der Waals surface area contributed by atoms with Gasteiger partial charge in [0.05, 0.1) is 29.8 Å². The molecule has 0 aliphatic rings. The van der Waals surface area contributed by atoms with Gasteiger partial charge in [0.15, 0.2) is 0 Å². The van der Waals surface area contributed by atoms with Gasteiger partial charge in [-0.25, -0.2) is 9.78 Å². The molecule has 0 spiro atoms. The van der Waals surface area contributed by atoms with Crippen molar-refractivity contribution in [3.8, 4) is 0 Å². The molecule has 1 N–H and O–H groups in total. The maximum absolute atomic E-state index is 12.5. The third-order valence-corrected chi connectivity index (χ3v) is 5.05. The number of esters is 2. The molecule has 0 atom stereocenters. The van der Waals surface area contributed by atoms with Crippen molar-refractivity contribution in [2.75, 3.05) is 13.2 Å². The topological polar surface area (TPSA) is 94.6 Å². The lowest BCUT2D eigenvalue weighted by Crippen LogP contribution is -2.26. The molecule has 1 amide bonds.